The van der Waals surface area contributed by atoms with E-state index in [0.717, 1.165) is 24.6 Å². The Hall–Kier alpha value is -1.32. The molecule has 0 unspecified atom stereocenters. The number of hydrogen-bond donors (Lipinski definition) is 1. The first-order chi connectivity index (χ1) is 8.66. The van der Waals surface area contributed by atoms with E-state index in [1.54, 1.807) is 6.07 Å². The van der Waals surface area contributed by atoms with E-state index >= 15 is 0 Å². The van der Waals surface area contributed by atoms with Crippen molar-refractivity contribution in [3.63, 3.8) is 0 Å². The van der Waals surface area contributed by atoms with Gasteiger partial charge in [0.05, 0.1) is 0 Å². The lowest BCUT2D eigenvalue weighted by Crippen LogP contribution is -2.09. The summed E-state index contributed by atoms with van der Waals surface area (Å²) in [7, 11) is 0. The fourth-order valence-corrected chi connectivity index (χ4v) is 2.85. The first-order valence-electron chi connectivity index (χ1n) is 6.94. The molecule has 0 atom stereocenters. The van der Waals surface area contributed by atoms with Crippen LogP contribution in [-0.4, -0.2) is 20.9 Å². The highest BCUT2D eigenvalue weighted by Gasteiger charge is 2.14. The molecular weight excluding hydrogens is 228 g/mol. The lowest BCUT2D eigenvalue weighted by Gasteiger charge is -2.21. The molecule has 1 saturated carbocycles. The molecule has 100 valence electrons. The Kier molecular flexibility index (Phi) is 4.39. The minimum absolute atomic E-state index is 0.158. The van der Waals surface area contributed by atoms with E-state index in [9.17, 15) is 4.79 Å². The van der Waals surface area contributed by atoms with Gasteiger partial charge in [0.25, 0.3) is 0 Å². The molecule has 0 amide bonds. The molecule has 2 rings (SSSR count). The second kappa shape index (κ2) is 6.03. The normalized spacial score (nSPS) is 16.9. The highest BCUT2D eigenvalue weighted by atomic mass is 16.4. The highest BCUT2D eigenvalue weighted by Crippen LogP contribution is 2.27. The first kappa shape index (κ1) is 13.1. The number of nitrogens with zero attached hydrogens (tertiary/aromatic N) is 2. The van der Waals surface area contributed by atoms with Gasteiger partial charge in [0.1, 0.15) is 0 Å². The summed E-state index contributed by atoms with van der Waals surface area (Å²) in [5.74, 6) is -0.0577. The summed E-state index contributed by atoms with van der Waals surface area (Å²) in [6, 6.07) is 1.64. The van der Waals surface area contributed by atoms with Crippen LogP contribution in [0.25, 0.3) is 0 Å². The van der Waals surface area contributed by atoms with Gasteiger partial charge in [0.15, 0.2) is 5.69 Å². The van der Waals surface area contributed by atoms with E-state index in [1.165, 1.54) is 38.5 Å². The molecule has 0 spiro atoms. The molecule has 1 aromatic rings. The Balaban J connectivity index is 1.80. The SMILES string of the molecule is Cc1cc(C(=O)O)nn1CCCC1CCCCC1. The van der Waals surface area contributed by atoms with Gasteiger partial charge in [-0.15, -0.1) is 0 Å². The van der Waals surface area contributed by atoms with Gasteiger partial charge in [-0.25, -0.2) is 4.79 Å². The number of carboxylic acids is 1. The zero-order valence-electron chi connectivity index (χ0n) is 11.1. The highest BCUT2D eigenvalue weighted by molar-refractivity contribution is 5.85. The van der Waals surface area contributed by atoms with Crippen molar-refractivity contribution in [2.24, 2.45) is 5.92 Å². The second-order valence-electron chi connectivity index (χ2n) is 5.35. The predicted octanol–water partition coefficient (Wildman–Crippen LogP) is 3.25. The van der Waals surface area contributed by atoms with E-state index in [1.807, 2.05) is 11.6 Å². The number of rotatable bonds is 5. The third-order valence-electron chi connectivity index (χ3n) is 3.91. The van der Waals surface area contributed by atoms with E-state index in [2.05, 4.69) is 5.10 Å². The summed E-state index contributed by atoms with van der Waals surface area (Å²) in [5, 5.41) is 13.0. The summed E-state index contributed by atoms with van der Waals surface area (Å²) in [6.45, 7) is 2.76. The third-order valence-corrected chi connectivity index (χ3v) is 3.91. The van der Waals surface area contributed by atoms with Crippen molar-refractivity contribution in [1.29, 1.82) is 0 Å². The molecular formula is C14H22N2O2. The van der Waals surface area contributed by atoms with Crippen molar-refractivity contribution in [2.45, 2.75) is 58.4 Å². The zero-order valence-corrected chi connectivity index (χ0v) is 11.1. The molecule has 0 aliphatic heterocycles. The Morgan fingerprint density at radius 3 is 2.78 bits per heavy atom. The van der Waals surface area contributed by atoms with Crippen molar-refractivity contribution in [1.82, 2.24) is 9.78 Å². The molecule has 1 N–H and O–H groups in total. The number of carboxylic acid groups (broad SMARTS) is 1. The number of aromatic carboxylic acids is 1. The molecule has 18 heavy (non-hydrogen) atoms. The molecule has 1 fully saturated rings. The van der Waals surface area contributed by atoms with Crippen LogP contribution >= 0.6 is 0 Å². The van der Waals surface area contributed by atoms with Crippen molar-refractivity contribution in [3.8, 4) is 0 Å². The fraction of sp³-hybridized carbons (Fsp3) is 0.714. The van der Waals surface area contributed by atoms with Crippen LogP contribution in [0.3, 0.4) is 0 Å². The van der Waals surface area contributed by atoms with E-state index in [-0.39, 0.29) is 5.69 Å². The number of aryl methyl sites for hydroxylation is 2. The minimum atomic E-state index is -0.941. The van der Waals surface area contributed by atoms with Crippen molar-refractivity contribution < 1.29 is 9.90 Å². The summed E-state index contributed by atoms with van der Waals surface area (Å²) in [6.07, 6.45) is 9.27. The molecule has 0 saturated heterocycles. The Labute approximate surface area is 108 Å². The summed E-state index contributed by atoms with van der Waals surface area (Å²) in [4.78, 5) is 10.8. The van der Waals surface area contributed by atoms with Gasteiger partial charge >= 0.3 is 5.97 Å². The maximum atomic E-state index is 10.8. The van der Waals surface area contributed by atoms with Crippen LogP contribution in [-0.2, 0) is 6.54 Å². The molecule has 4 nitrogen and oxygen atoms in total. The Morgan fingerprint density at radius 1 is 1.44 bits per heavy atom. The van der Waals surface area contributed by atoms with Crippen LogP contribution < -0.4 is 0 Å². The predicted molar refractivity (Wildman–Crippen MR) is 69.7 cm³/mol. The summed E-state index contributed by atoms with van der Waals surface area (Å²) in [5.41, 5.74) is 1.10. The van der Waals surface area contributed by atoms with Gasteiger partial charge in [-0.2, -0.15) is 5.10 Å². The largest absolute Gasteiger partial charge is 0.476 e. The lowest BCUT2D eigenvalue weighted by molar-refractivity contribution is 0.0689. The molecule has 4 heteroatoms. The van der Waals surface area contributed by atoms with Crippen LogP contribution in [0.5, 0.6) is 0 Å². The Bertz CT molecular complexity index is 406. The monoisotopic (exact) mass is 250 g/mol. The standard InChI is InChI=1S/C14H22N2O2/c1-11-10-13(14(17)18)15-16(11)9-5-8-12-6-3-2-4-7-12/h10,12H,2-9H2,1H3,(H,17,18). The zero-order chi connectivity index (χ0) is 13.0. The molecule has 0 bridgehead atoms. The van der Waals surface area contributed by atoms with Crippen LogP contribution in [0, 0.1) is 12.8 Å². The molecule has 1 heterocycles. The van der Waals surface area contributed by atoms with E-state index < -0.39 is 5.97 Å². The molecule has 0 aromatic carbocycles. The Morgan fingerprint density at radius 2 is 2.17 bits per heavy atom. The number of aromatic nitrogens is 2. The molecule has 1 aromatic heterocycles. The van der Waals surface area contributed by atoms with Crippen molar-refractivity contribution >= 4 is 5.97 Å². The maximum Gasteiger partial charge on any atom is 0.356 e. The van der Waals surface area contributed by atoms with E-state index in [0.29, 0.717) is 0 Å². The van der Waals surface area contributed by atoms with Gasteiger partial charge in [-0.05, 0) is 31.7 Å². The quantitative estimate of drug-likeness (QED) is 0.872. The molecule has 1 aliphatic rings. The fourth-order valence-electron chi connectivity index (χ4n) is 2.85. The van der Waals surface area contributed by atoms with Gasteiger partial charge in [-0.3, -0.25) is 4.68 Å². The van der Waals surface area contributed by atoms with Crippen LogP contribution in [0.4, 0.5) is 0 Å². The van der Waals surface area contributed by atoms with Crippen molar-refractivity contribution in [2.75, 3.05) is 0 Å². The van der Waals surface area contributed by atoms with Gasteiger partial charge in [-0.1, -0.05) is 32.1 Å². The summed E-state index contributed by atoms with van der Waals surface area (Å²) < 4.78 is 1.83. The summed E-state index contributed by atoms with van der Waals surface area (Å²) >= 11 is 0. The number of carbonyl (C=O) groups is 1. The average Bonchev–Trinajstić information content (AvgIpc) is 2.73. The number of hydrogen-bond acceptors (Lipinski definition) is 2. The lowest BCUT2D eigenvalue weighted by atomic mass is 9.86. The first-order valence-corrected chi connectivity index (χ1v) is 6.94. The van der Waals surface area contributed by atoms with Crippen LogP contribution in [0.1, 0.15) is 61.1 Å². The minimum Gasteiger partial charge on any atom is -0.476 e. The van der Waals surface area contributed by atoms with E-state index in [4.69, 9.17) is 5.11 Å². The van der Waals surface area contributed by atoms with Crippen LogP contribution in [0.2, 0.25) is 0 Å². The maximum absolute atomic E-state index is 10.8. The van der Waals surface area contributed by atoms with Crippen molar-refractivity contribution in [3.05, 3.63) is 17.5 Å². The van der Waals surface area contributed by atoms with Gasteiger partial charge in [0.2, 0.25) is 0 Å². The van der Waals surface area contributed by atoms with Gasteiger partial charge < -0.3 is 5.11 Å². The second-order valence-corrected chi connectivity index (χ2v) is 5.35. The molecule has 0 radical (unpaired) electrons. The van der Waals surface area contributed by atoms with Crippen LogP contribution in [0.15, 0.2) is 6.07 Å². The van der Waals surface area contributed by atoms with Gasteiger partial charge in [0, 0.05) is 12.2 Å². The molecule has 1 aliphatic carbocycles. The third kappa shape index (κ3) is 3.34. The smallest absolute Gasteiger partial charge is 0.356 e. The topological polar surface area (TPSA) is 55.1 Å². The average molecular weight is 250 g/mol.